The third-order valence-corrected chi connectivity index (χ3v) is 6.69. The number of anilines is 2. The van der Waals surface area contributed by atoms with Gasteiger partial charge in [-0.25, -0.2) is 4.98 Å². The lowest BCUT2D eigenvalue weighted by atomic mass is 9.98. The summed E-state index contributed by atoms with van der Waals surface area (Å²) in [6.07, 6.45) is -3.97. The lowest BCUT2D eigenvalue weighted by Crippen LogP contribution is -2.38. The highest BCUT2D eigenvalue weighted by atomic mass is 19.4. The number of nitriles is 1. The Labute approximate surface area is 194 Å². The minimum Gasteiger partial charge on any atom is -0.374 e. The normalized spacial score (nSPS) is 20.6. The molecule has 1 aromatic carbocycles. The Bertz CT molecular complexity index is 1320. The van der Waals surface area contributed by atoms with Crippen LogP contribution in [0.4, 0.5) is 24.7 Å². The number of benzene rings is 1. The molecule has 176 valence electrons. The summed E-state index contributed by atoms with van der Waals surface area (Å²) in [5, 5.41) is 21.4. The van der Waals surface area contributed by atoms with Crippen molar-refractivity contribution in [1.82, 2.24) is 15.2 Å². The molecule has 0 amide bonds. The predicted molar refractivity (Wildman–Crippen MR) is 120 cm³/mol. The number of nitrogens with zero attached hydrogens (tertiary/aromatic N) is 5. The summed E-state index contributed by atoms with van der Waals surface area (Å²) in [5.41, 5.74) is 1.89. The number of pyridine rings is 1. The number of aromatic nitrogens is 3. The third-order valence-electron chi connectivity index (χ3n) is 6.69. The molecule has 0 aliphatic carbocycles. The SMILES string of the molecule is Cc1c(C#N)cccc1[C@@H](C)Nc1nnc(C)c2nc(C(F)(F)F)c(N3CC4CC3CO4)cc12. The average Bonchev–Trinajstić information content (AvgIpc) is 3.43. The van der Waals surface area contributed by atoms with E-state index in [1.165, 1.54) is 6.07 Å². The van der Waals surface area contributed by atoms with Crippen LogP contribution in [-0.2, 0) is 10.9 Å². The van der Waals surface area contributed by atoms with E-state index in [1.54, 1.807) is 24.0 Å². The van der Waals surface area contributed by atoms with Gasteiger partial charge in [0.05, 0.1) is 53.3 Å². The van der Waals surface area contributed by atoms with Crippen LogP contribution in [0.5, 0.6) is 0 Å². The van der Waals surface area contributed by atoms with E-state index in [-0.39, 0.29) is 29.4 Å². The van der Waals surface area contributed by atoms with E-state index in [4.69, 9.17) is 4.74 Å². The van der Waals surface area contributed by atoms with Gasteiger partial charge >= 0.3 is 6.18 Å². The molecule has 2 aliphatic rings. The first-order valence-electron chi connectivity index (χ1n) is 11.1. The van der Waals surface area contributed by atoms with Gasteiger partial charge in [-0.3, -0.25) is 0 Å². The van der Waals surface area contributed by atoms with Gasteiger partial charge in [-0.2, -0.15) is 23.5 Å². The zero-order chi connectivity index (χ0) is 24.2. The Morgan fingerprint density at radius 1 is 1.26 bits per heavy atom. The lowest BCUT2D eigenvalue weighted by Gasteiger charge is -2.31. The van der Waals surface area contributed by atoms with Gasteiger partial charge in [-0.1, -0.05) is 12.1 Å². The van der Waals surface area contributed by atoms with Crippen LogP contribution < -0.4 is 10.2 Å². The van der Waals surface area contributed by atoms with Crippen molar-refractivity contribution >= 4 is 22.4 Å². The fraction of sp³-hybridized carbons (Fsp3) is 0.417. The van der Waals surface area contributed by atoms with Crippen molar-refractivity contribution < 1.29 is 17.9 Å². The van der Waals surface area contributed by atoms with Crippen LogP contribution in [0.3, 0.4) is 0 Å². The van der Waals surface area contributed by atoms with Crippen molar-refractivity contribution in [2.45, 2.75) is 51.6 Å². The number of aryl methyl sites for hydroxylation is 1. The summed E-state index contributed by atoms with van der Waals surface area (Å²) in [4.78, 5) is 5.82. The van der Waals surface area contributed by atoms with Crippen molar-refractivity contribution in [3.8, 4) is 6.07 Å². The quantitative estimate of drug-likeness (QED) is 0.595. The molecule has 2 aliphatic heterocycles. The summed E-state index contributed by atoms with van der Waals surface area (Å²) in [6.45, 7) is 6.18. The Kier molecular flexibility index (Phi) is 5.32. The zero-order valence-corrected chi connectivity index (χ0v) is 18.9. The van der Waals surface area contributed by atoms with Crippen LogP contribution in [-0.4, -0.2) is 40.5 Å². The number of hydrogen-bond donors (Lipinski definition) is 1. The van der Waals surface area contributed by atoms with E-state index in [0.29, 0.717) is 42.0 Å². The number of halogens is 3. The van der Waals surface area contributed by atoms with Gasteiger partial charge in [0, 0.05) is 11.9 Å². The summed E-state index contributed by atoms with van der Waals surface area (Å²) in [7, 11) is 0. The molecule has 2 aromatic heterocycles. The van der Waals surface area contributed by atoms with Crippen LogP contribution in [0.15, 0.2) is 24.3 Å². The molecule has 5 rings (SSSR count). The molecule has 2 unspecified atom stereocenters. The molecule has 10 heteroatoms. The predicted octanol–water partition coefficient (Wildman–Crippen LogP) is 4.68. The molecule has 0 saturated carbocycles. The van der Waals surface area contributed by atoms with E-state index in [2.05, 4.69) is 26.6 Å². The maximum absolute atomic E-state index is 14.1. The third kappa shape index (κ3) is 3.70. The number of morpholine rings is 1. The number of alkyl halides is 3. The van der Waals surface area contributed by atoms with E-state index in [1.807, 2.05) is 19.9 Å². The molecule has 3 atom stereocenters. The van der Waals surface area contributed by atoms with Gasteiger partial charge in [-0.05, 0) is 50.5 Å². The van der Waals surface area contributed by atoms with Crippen molar-refractivity contribution in [1.29, 1.82) is 5.26 Å². The topological polar surface area (TPSA) is 87.0 Å². The first-order valence-corrected chi connectivity index (χ1v) is 11.1. The van der Waals surface area contributed by atoms with Crippen molar-refractivity contribution in [3.63, 3.8) is 0 Å². The number of ether oxygens (including phenoxy) is 1. The monoisotopic (exact) mass is 468 g/mol. The summed E-state index contributed by atoms with van der Waals surface area (Å²) in [5.74, 6) is 0.345. The Morgan fingerprint density at radius 2 is 2.06 bits per heavy atom. The van der Waals surface area contributed by atoms with Crippen molar-refractivity contribution in [3.05, 3.63) is 52.3 Å². The molecular formula is C24H23F3N6O. The second-order valence-corrected chi connectivity index (χ2v) is 8.88. The Hall–Kier alpha value is -3.45. The highest BCUT2D eigenvalue weighted by Crippen LogP contribution is 2.42. The number of hydrogen-bond acceptors (Lipinski definition) is 7. The largest absolute Gasteiger partial charge is 0.435 e. The van der Waals surface area contributed by atoms with Gasteiger partial charge in [0.2, 0.25) is 0 Å². The number of rotatable bonds is 4. The molecule has 2 bridgehead atoms. The maximum Gasteiger partial charge on any atom is 0.435 e. The van der Waals surface area contributed by atoms with Crippen LogP contribution >= 0.6 is 0 Å². The van der Waals surface area contributed by atoms with Crippen molar-refractivity contribution in [2.24, 2.45) is 0 Å². The van der Waals surface area contributed by atoms with Gasteiger partial charge in [0.25, 0.3) is 0 Å². The fourth-order valence-corrected chi connectivity index (χ4v) is 4.94. The first kappa shape index (κ1) is 22.3. The highest BCUT2D eigenvalue weighted by Gasteiger charge is 2.44. The molecule has 1 N–H and O–H groups in total. The van der Waals surface area contributed by atoms with Gasteiger partial charge in [-0.15, -0.1) is 5.10 Å². The second kappa shape index (κ2) is 8.09. The molecule has 34 heavy (non-hydrogen) atoms. The first-order chi connectivity index (χ1) is 16.2. The second-order valence-electron chi connectivity index (χ2n) is 8.88. The van der Waals surface area contributed by atoms with Crippen LogP contribution in [0, 0.1) is 25.2 Å². The van der Waals surface area contributed by atoms with Crippen LogP contribution in [0.25, 0.3) is 10.9 Å². The molecular weight excluding hydrogens is 445 g/mol. The van der Waals surface area contributed by atoms with Crippen molar-refractivity contribution in [2.75, 3.05) is 23.4 Å². The minimum atomic E-state index is -4.61. The average molecular weight is 468 g/mol. The summed E-state index contributed by atoms with van der Waals surface area (Å²) < 4.78 is 47.7. The van der Waals surface area contributed by atoms with E-state index in [9.17, 15) is 18.4 Å². The minimum absolute atomic E-state index is 0.0431. The molecule has 2 fully saturated rings. The zero-order valence-electron chi connectivity index (χ0n) is 18.9. The maximum atomic E-state index is 14.1. The Balaban J connectivity index is 1.62. The highest BCUT2D eigenvalue weighted by molar-refractivity contribution is 5.93. The number of fused-ring (bicyclic) bond motifs is 3. The van der Waals surface area contributed by atoms with Gasteiger partial charge in [0.1, 0.15) is 0 Å². The lowest BCUT2D eigenvalue weighted by molar-refractivity contribution is -0.140. The van der Waals surface area contributed by atoms with Crippen LogP contribution in [0.2, 0.25) is 0 Å². The molecule has 0 radical (unpaired) electrons. The molecule has 4 heterocycles. The van der Waals surface area contributed by atoms with E-state index < -0.39 is 11.9 Å². The molecule has 0 spiro atoms. The standard InChI is InChI=1S/C24H23F3N6O/c1-12-15(9-28)5-4-6-18(12)13(2)29-23-19-8-20(33-10-17-7-16(33)11-34-17)22(24(25,26)27)30-21(19)14(3)31-32-23/h4-6,8,13,16-17H,7,10-11H2,1-3H3,(H,29,32)/t13-,16?,17?/m1/s1. The summed E-state index contributed by atoms with van der Waals surface area (Å²) >= 11 is 0. The summed E-state index contributed by atoms with van der Waals surface area (Å²) in [6, 6.07) is 8.79. The van der Waals surface area contributed by atoms with E-state index in [0.717, 1.165) is 11.1 Å². The van der Waals surface area contributed by atoms with Gasteiger partial charge < -0.3 is 15.0 Å². The molecule has 2 saturated heterocycles. The van der Waals surface area contributed by atoms with Crippen LogP contribution in [0.1, 0.15) is 47.5 Å². The van der Waals surface area contributed by atoms with Gasteiger partial charge in [0.15, 0.2) is 11.5 Å². The fourth-order valence-electron chi connectivity index (χ4n) is 4.94. The van der Waals surface area contributed by atoms with E-state index >= 15 is 0 Å². The molecule has 3 aromatic rings. The number of nitrogens with one attached hydrogen (secondary N) is 1. The Morgan fingerprint density at radius 3 is 2.71 bits per heavy atom. The smallest absolute Gasteiger partial charge is 0.374 e. The molecule has 7 nitrogen and oxygen atoms in total.